The molecule has 4 heteroatoms. The summed E-state index contributed by atoms with van der Waals surface area (Å²) < 4.78 is 0. The fourth-order valence-corrected chi connectivity index (χ4v) is 2.69. The predicted octanol–water partition coefficient (Wildman–Crippen LogP) is 4.25. The van der Waals surface area contributed by atoms with Crippen LogP contribution in [-0.4, -0.2) is 19.0 Å². The number of amides is 1. The molecular formula is C17H20N2OS. The summed E-state index contributed by atoms with van der Waals surface area (Å²) in [6.45, 7) is 6.22. The van der Waals surface area contributed by atoms with E-state index in [2.05, 4.69) is 24.1 Å². The second-order valence-corrected chi connectivity index (χ2v) is 5.54. The first kappa shape index (κ1) is 15.3. The third-order valence-electron chi connectivity index (χ3n) is 3.21. The highest BCUT2D eigenvalue weighted by molar-refractivity contribution is 7.10. The standard InChI is InChI=1S/C17H20N2OS/c1-3-19(4-2)15-9-7-14(8-10-15)18-17(20)12-11-16-6-5-13-21-16/h5-13H,3-4H2,1-2H3,(H,18,20). The molecule has 2 aromatic rings. The monoisotopic (exact) mass is 300 g/mol. The van der Waals surface area contributed by atoms with Crippen LogP contribution < -0.4 is 10.2 Å². The van der Waals surface area contributed by atoms with E-state index in [-0.39, 0.29) is 5.91 Å². The number of benzene rings is 1. The highest BCUT2D eigenvalue weighted by Crippen LogP contribution is 2.18. The molecule has 1 aromatic carbocycles. The molecule has 0 unspecified atom stereocenters. The van der Waals surface area contributed by atoms with Crippen molar-refractivity contribution in [3.63, 3.8) is 0 Å². The summed E-state index contributed by atoms with van der Waals surface area (Å²) in [6, 6.07) is 11.9. The Bertz CT molecular complexity index is 584. The normalized spacial score (nSPS) is 10.8. The Morgan fingerprint density at radius 1 is 1.19 bits per heavy atom. The number of carbonyl (C=O) groups is 1. The average Bonchev–Trinajstić information content (AvgIpc) is 3.01. The molecular weight excluding hydrogens is 280 g/mol. The van der Waals surface area contributed by atoms with Gasteiger partial charge in [0.2, 0.25) is 5.91 Å². The molecule has 1 N–H and O–H groups in total. The maximum atomic E-state index is 11.8. The van der Waals surface area contributed by atoms with Crippen molar-refractivity contribution in [1.82, 2.24) is 0 Å². The third kappa shape index (κ3) is 4.46. The molecule has 1 amide bonds. The summed E-state index contributed by atoms with van der Waals surface area (Å²) in [5.41, 5.74) is 1.99. The van der Waals surface area contributed by atoms with E-state index in [0.717, 1.165) is 23.7 Å². The zero-order valence-corrected chi connectivity index (χ0v) is 13.2. The van der Waals surface area contributed by atoms with Crippen molar-refractivity contribution < 1.29 is 4.79 Å². The van der Waals surface area contributed by atoms with Gasteiger partial charge in [0.25, 0.3) is 0 Å². The fourth-order valence-electron chi connectivity index (χ4n) is 2.07. The number of nitrogens with one attached hydrogen (secondary N) is 1. The maximum absolute atomic E-state index is 11.8. The van der Waals surface area contributed by atoms with Crippen LogP contribution in [0.1, 0.15) is 18.7 Å². The van der Waals surface area contributed by atoms with Gasteiger partial charge >= 0.3 is 0 Å². The topological polar surface area (TPSA) is 32.3 Å². The fraction of sp³-hybridized carbons (Fsp3) is 0.235. The lowest BCUT2D eigenvalue weighted by Crippen LogP contribution is -2.21. The molecule has 0 aliphatic rings. The molecule has 0 bridgehead atoms. The molecule has 1 heterocycles. The van der Waals surface area contributed by atoms with Gasteiger partial charge in [-0.2, -0.15) is 0 Å². The molecule has 0 aliphatic heterocycles. The quantitative estimate of drug-likeness (QED) is 0.809. The van der Waals surface area contributed by atoms with E-state index in [1.165, 1.54) is 5.69 Å². The van der Waals surface area contributed by atoms with Crippen LogP contribution in [0.15, 0.2) is 47.9 Å². The van der Waals surface area contributed by atoms with Crippen molar-refractivity contribution in [2.24, 2.45) is 0 Å². The van der Waals surface area contributed by atoms with Gasteiger partial charge in [0.1, 0.15) is 0 Å². The first-order valence-electron chi connectivity index (χ1n) is 7.10. The van der Waals surface area contributed by atoms with Gasteiger partial charge in [-0.1, -0.05) is 6.07 Å². The van der Waals surface area contributed by atoms with E-state index >= 15 is 0 Å². The summed E-state index contributed by atoms with van der Waals surface area (Å²) >= 11 is 1.61. The minimum absolute atomic E-state index is 0.112. The van der Waals surface area contributed by atoms with Crippen LogP contribution in [0.4, 0.5) is 11.4 Å². The van der Waals surface area contributed by atoms with Crippen molar-refractivity contribution in [2.75, 3.05) is 23.3 Å². The molecule has 110 valence electrons. The van der Waals surface area contributed by atoms with Crippen LogP contribution >= 0.6 is 11.3 Å². The molecule has 2 rings (SSSR count). The summed E-state index contributed by atoms with van der Waals surface area (Å²) in [4.78, 5) is 15.2. The Kier molecular flexibility index (Phi) is 5.58. The smallest absolute Gasteiger partial charge is 0.248 e. The lowest BCUT2D eigenvalue weighted by molar-refractivity contribution is -0.111. The molecule has 3 nitrogen and oxygen atoms in total. The molecule has 0 aliphatic carbocycles. The van der Waals surface area contributed by atoms with E-state index in [1.54, 1.807) is 17.4 Å². The van der Waals surface area contributed by atoms with E-state index in [4.69, 9.17) is 0 Å². The second-order valence-electron chi connectivity index (χ2n) is 4.56. The Morgan fingerprint density at radius 2 is 1.90 bits per heavy atom. The van der Waals surface area contributed by atoms with Crippen molar-refractivity contribution in [1.29, 1.82) is 0 Å². The minimum atomic E-state index is -0.112. The van der Waals surface area contributed by atoms with E-state index in [9.17, 15) is 4.79 Å². The van der Waals surface area contributed by atoms with Crippen molar-refractivity contribution in [2.45, 2.75) is 13.8 Å². The van der Waals surface area contributed by atoms with Gasteiger partial charge in [0, 0.05) is 35.4 Å². The molecule has 0 radical (unpaired) electrons. The summed E-state index contributed by atoms with van der Waals surface area (Å²) in [5.74, 6) is -0.112. The van der Waals surface area contributed by atoms with E-state index in [0.29, 0.717) is 0 Å². The van der Waals surface area contributed by atoms with Gasteiger partial charge in [-0.3, -0.25) is 4.79 Å². The zero-order valence-electron chi connectivity index (χ0n) is 12.4. The first-order chi connectivity index (χ1) is 10.2. The highest BCUT2D eigenvalue weighted by atomic mass is 32.1. The lowest BCUT2D eigenvalue weighted by atomic mass is 10.2. The van der Waals surface area contributed by atoms with Crippen LogP contribution in [0.3, 0.4) is 0 Å². The van der Waals surface area contributed by atoms with Crippen LogP contribution in [0.2, 0.25) is 0 Å². The minimum Gasteiger partial charge on any atom is -0.372 e. The number of nitrogens with zero attached hydrogens (tertiary/aromatic N) is 1. The van der Waals surface area contributed by atoms with E-state index in [1.807, 2.05) is 47.9 Å². The van der Waals surface area contributed by atoms with Crippen LogP contribution in [0.25, 0.3) is 6.08 Å². The van der Waals surface area contributed by atoms with Gasteiger partial charge in [0.05, 0.1) is 0 Å². The SMILES string of the molecule is CCN(CC)c1ccc(NC(=O)C=Cc2cccs2)cc1. The van der Waals surface area contributed by atoms with Crippen molar-refractivity contribution in [3.05, 3.63) is 52.7 Å². The number of rotatable bonds is 6. The molecule has 0 spiro atoms. The van der Waals surface area contributed by atoms with Crippen molar-refractivity contribution >= 4 is 34.7 Å². The Morgan fingerprint density at radius 3 is 2.48 bits per heavy atom. The van der Waals surface area contributed by atoms with Gasteiger partial charge in [-0.05, 0) is 55.6 Å². The van der Waals surface area contributed by atoms with Crippen LogP contribution in [-0.2, 0) is 4.79 Å². The van der Waals surface area contributed by atoms with Gasteiger partial charge in [-0.15, -0.1) is 11.3 Å². The average molecular weight is 300 g/mol. The largest absolute Gasteiger partial charge is 0.372 e. The number of anilines is 2. The Balaban J connectivity index is 1.95. The van der Waals surface area contributed by atoms with Gasteiger partial charge in [-0.25, -0.2) is 0 Å². The molecule has 0 fully saturated rings. The molecule has 0 atom stereocenters. The lowest BCUT2D eigenvalue weighted by Gasteiger charge is -2.21. The van der Waals surface area contributed by atoms with Crippen molar-refractivity contribution in [3.8, 4) is 0 Å². The molecule has 21 heavy (non-hydrogen) atoms. The molecule has 1 aromatic heterocycles. The number of thiophene rings is 1. The molecule has 0 saturated heterocycles. The number of hydrogen-bond donors (Lipinski definition) is 1. The second kappa shape index (κ2) is 7.64. The molecule has 0 saturated carbocycles. The summed E-state index contributed by atoms with van der Waals surface area (Å²) in [6.07, 6.45) is 3.38. The Labute approximate surface area is 129 Å². The number of carbonyl (C=O) groups excluding carboxylic acids is 1. The van der Waals surface area contributed by atoms with Gasteiger partial charge in [0.15, 0.2) is 0 Å². The summed E-state index contributed by atoms with van der Waals surface area (Å²) in [7, 11) is 0. The first-order valence-corrected chi connectivity index (χ1v) is 7.98. The van der Waals surface area contributed by atoms with E-state index < -0.39 is 0 Å². The zero-order chi connectivity index (χ0) is 15.1. The summed E-state index contributed by atoms with van der Waals surface area (Å²) in [5, 5.41) is 4.86. The predicted molar refractivity (Wildman–Crippen MR) is 92.0 cm³/mol. The highest BCUT2D eigenvalue weighted by Gasteiger charge is 2.02. The van der Waals surface area contributed by atoms with Crippen LogP contribution in [0, 0.1) is 0 Å². The maximum Gasteiger partial charge on any atom is 0.248 e. The van der Waals surface area contributed by atoms with Gasteiger partial charge < -0.3 is 10.2 Å². The number of hydrogen-bond acceptors (Lipinski definition) is 3. The third-order valence-corrected chi connectivity index (χ3v) is 4.04. The Hall–Kier alpha value is -2.07. The van der Waals surface area contributed by atoms with Crippen LogP contribution in [0.5, 0.6) is 0 Å².